The maximum absolute atomic E-state index is 11.8. The molecule has 0 aromatic heterocycles. The number of carbonyl (C=O) groups is 2. The van der Waals surface area contributed by atoms with E-state index in [0.717, 1.165) is 11.1 Å². The number of nitrogen functional groups attached to an aromatic ring is 2. The summed E-state index contributed by atoms with van der Waals surface area (Å²) in [6, 6.07) is 14.7. The fraction of sp³-hybridized carbons (Fsp3) is 0.263. The highest BCUT2D eigenvalue weighted by Gasteiger charge is 2.18. The first-order valence-electron chi connectivity index (χ1n) is 8.01. The van der Waals surface area contributed by atoms with Gasteiger partial charge in [-0.15, -0.1) is 0 Å². The van der Waals surface area contributed by atoms with E-state index in [4.69, 9.17) is 20.9 Å². The smallest absolute Gasteiger partial charge is 0.317 e. The fourth-order valence-corrected chi connectivity index (χ4v) is 2.40. The van der Waals surface area contributed by atoms with Crippen LogP contribution in [-0.2, 0) is 19.1 Å². The Balaban J connectivity index is 2.12. The van der Waals surface area contributed by atoms with E-state index < -0.39 is 18.4 Å². The first kappa shape index (κ1) is 18.3. The van der Waals surface area contributed by atoms with Gasteiger partial charge in [-0.2, -0.15) is 0 Å². The van der Waals surface area contributed by atoms with E-state index in [0.29, 0.717) is 11.4 Å². The van der Waals surface area contributed by atoms with Crippen LogP contribution in [0.5, 0.6) is 0 Å². The molecule has 0 amide bonds. The van der Waals surface area contributed by atoms with Crippen molar-refractivity contribution in [3.63, 3.8) is 0 Å². The van der Waals surface area contributed by atoms with Crippen LogP contribution in [0.2, 0.25) is 0 Å². The predicted octanol–water partition coefficient (Wildman–Crippen LogP) is 2.48. The Morgan fingerprint density at radius 2 is 1.28 bits per heavy atom. The van der Waals surface area contributed by atoms with Gasteiger partial charge in [-0.3, -0.25) is 9.59 Å². The minimum Gasteiger partial charge on any atom is -0.466 e. The van der Waals surface area contributed by atoms with Crippen LogP contribution >= 0.6 is 0 Å². The van der Waals surface area contributed by atoms with Gasteiger partial charge in [0.2, 0.25) is 0 Å². The van der Waals surface area contributed by atoms with Crippen molar-refractivity contribution in [3.8, 4) is 0 Å². The summed E-state index contributed by atoms with van der Waals surface area (Å²) in [6.45, 7) is 2.01. The molecule has 0 unspecified atom stereocenters. The Morgan fingerprint density at radius 1 is 0.840 bits per heavy atom. The molecule has 132 valence electrons. The molecule has 0 heterocycles. The van der Waals surface area contributed by atoms with Crippen LogP contribution in [0.1, 0.15) is 30.4 Å². The largest absolute Gasteiger partial charge is 0.466 e. The second kappa shape index (κ2) is 8.73. The molecule has 25 heavy (non-hydrogen) atoms. The van der Waals surface area contributed by atoms with Crippen molar-refractivity contribution in [2.45, 2.75) is 19.3 Å². The quantitative estimate of drug-likeness (QED) is 0.455. The highest BCUT2D eigenvalue weighted by Crippen LogP contribution is 2.26. The van der Waals surface area contributed by atoms with Gasteiger partial charge in [-0.05, 0) is 42.3 Å². The molecule has 4 N–H and O–H groups in total. The average Bonchev–Trinajstić information content (AvgIpc) is 2.58. The summed E-state index contributed by atoms with van der Waals surface area (Å²) < 4.78 is 10.0. The second-order valence-electron chi connectivity index (χ2n) is 5.55. The number of benzene rings is 2. The lowest BCUT2D eigenvalue weighted by Gasteiger charge is -2.18. The summed E-state index contributed by atoms with van der Waals surface area (Å²) in [5.41, 5.74) is 14.7. The van der Waals surface area contributed by atoms with E-state index in [9.17, 15) is 9.59 Å². The Morgan fingerprint density at radius 3 is 1.72 bits per heavy atom. The molecule has 2 aromatic rings. The van der Waals surface area contributed by atoms with Crippen LogP contribution in [0.25, 0.3) is 0 Å². The highest BCUT2D eigenvalue weighted by molar-refractivity contribution is 5.91. The van der Waals surface area contributed by atoms with Crippen LogP contribution in [0.4, 0.5) is 11.4 Å². The summed E-state index contributed by atoms with van der Waals surface area (Å²) in [5, 5.41) is 0. The molecule has 0 fully saturated rings. The molecule has 0 bridgehead atoms. The molecule has 6 nitrogen and oxygen atoms in total. The van der Waals surface area contributed by atoms with Crippen LogP contribution in [0.15, 0.2) is 48.5 Å². The number of hydrogen-bond donors (Lipinski definition) is 2. The van der Waals surface area contributed by atoms with Crippen molar-refractivity contribution in [3.05, 3.63) is 59.7 Å². The number of esters is 2. The third-order valence-electron chi connectivity index (χ3n) is 3.68. The predicted molar refractivity (Wildman–Crippen MR) is 95.8 cm³/mol. The lowest BCUT2D eigenvalue weighted by atomic mass is 9.92. The molecule has 2 rings (SSSR count). The third-order valence-corrected chi connectivity index (χ3v) is 3.68. The second-order valence-corrected chi connectivity index (χ2v) is 5.55. The fourth-order valence-electron chi connectivity index (χ4n) is 2.40. The number of ether oxygens (including phenoxy) is 2. The number of carbonyl (C=O) groups excluding carboxylic acids is 2. The monoisotopic (exact) mass is 342 g/mol. The maximum atomic E-state index is 11.8. The van der Waals surface area contributed by atoms with Crippen molar-refractivity contribution >= 4 is 23.3 Å². The molecular weight excluding hydrogens is 320 g/mol. The summed E-state index contributed by atoms with van der Waals surface area (Å²) in [7, 11) is 0. The van der Waals surface area contributed by atoms with Gasteiger partial charge in [0, 0.05) is 17.3 Å². The zero-order valence-electron chi connectivity index (χ0n) is 14.1. The Labute approximate surface area is 146 Å². The van der Waals surface area contributed by atoms with Gasteiger partial charge in [-0.1, -0.05) is 24.3 Å². The molecular formula is C19H22N2O4. The maximum Gasteiger partial charge on any atom is 0.317 e. The first-order valence-corrected chi connectivity index (χ1v) is 8.01. The zero-order chi connectivity index (χ0) is 18.2. The topological polar surface area (TPSA) is 105 Å². The van der Waals surface area contributed by atoms with Crippen molar-refractivity contribution in [1.82, 2.24) is 0 Å². The van der Waals surface area contributed by atoms with E-state index in [-0.39, 0.29) is 19.1 Å². The van der Waals surface area contributed by atoms with Gasteiger partial charge in [0.05, 0.1) is 6.61 Å². The zero-order valence-corrected chi connectivity index (χ0v) is 14.1. The molecule has 0 aliphatic carbocycles. The van der Waals surface area contributed by atoms with E-state index >= 15 is 0 Å². The van der Waals surface area contributed by atoms with Gasteiger partial charge in [-0.25, -0.2) is 0 Å². The highest BCUT2D eigenvalue weighted by atomic mass is 16.6. The number of nitrogens with two attached hydrogens (primary N) is 2. The molecule has 0 saturated carbocycles. The molecule has 0 atom stereocenters. The van der Waals surface area contributed by atoms with Crippen LogP contribution in [-0.4, -0.2) is 25.2 Å². The Kier molecular flexibility index (Phi) is 6.39. The van der Waals surface area contributed by atoms with Crippen molar-refractivity contribution in [2.24, 2.45) is 0 Å². The molecule has 0 radical (unpaired) electrons. The number of anilines is 2. The number of rotatable bonds is 7. The van der Waals surface area contributed by atoms with Crippen molar-refractivity contribution in [1.29, 1.82) is 0 Å². The van der Waals surface area contributed by atoms with Gasteiger partial charge in [0.15, 0.2) is 0 Å². The molecule has 0 aliphatic rings. The minimum atomic E-state index is -0.616. The standard InChI is InChI=1S/C19H22N2O4/c1-2-24-18(22)11-19(23)25-12-17(13-3-7-15(20)8-4-13)14-5-9-16(21)10-6-14/h3-10,17H,2,11-12,20-21H2,1H3. The van der Waals surface area contributed by atoms with Crippen LogP contribution in [0.3, 0.4) is 0 Å². The molecule has 0 spiro atoms. The van der Waals surface area contributed by atoms with Crippen LogP contribution < -0.4 is 11.5 Å². The molecule has 2 aromatic carbocycles. The summed E-state index contributed by atoms with van der Waals surface area (Å²) >= 11 is 0. The van der Waals surface area contributed by atoms with Crippen molar-refractivity contribution in [2.75, 3.05) is 24.7 Å². The summed E-state index contributed by atoms with van der Waals surface area (Å²) in [4.78, 5) is 23.2. The lowest BCUT2D eigenvalue weighted by Crippen LogP contribution is -2.18. The van der Waals surface area contributed by atoms with Gasteiger partial charge < -0.3 is 20.9 Å². The average molecular weight is 342 g/mol. The first-order chi connectivity index (χ1) is 12.0. The Hall–Kier alpha value is -3.02. The van der Waals surface area contributed by atoms with E-state index in [2.05, 4.69) is 0 Å². The van der Waals surface area contributed by atoms with Crippen LogP contribution in [0, 0.1) is 0 Å². The molecule has 0 aliphatic heterocycles. The molecule has 0 saturated heterocycles. The van der Waals surface area contributed by atoms with E-state index in [1.54, 1.807) is 31.2 Å². The summed E-state index contributed by atoms with van der Waals surface area (Å²) in [5.74, 6) is -1.40. The molecule has 6 heteroatoms. The van der Waals surface area contributed by atoms with Gasteiger partial charge in [0.25, 0.3) is 0 Å². The van der Waals surface area contributed by atoms with E-state index in [1.807, 2.05) is 24.3 Å². The minimum absolute atomic E-state index is 0.103. The van der Waals surface area contributed by atoms with Gasteiger partial charge in [0.1, 0.15) is 13.0 Å². The normalized spacial score (nSPS) is 10.5. The Bertz CT molecular complexity index is 666. The van der Waals surface area contributed by atoms with Gasteiger partial charge >= 0.3 is 11.9 Å². The third kappa shape index (κ3) is 5.53. The number of hydrogen-bond acceptors (Lipinski definition) is 6. The SMILES string of the molecule is CCOC(=O)CC(=O)OCC(c1ccc(N)cc1)c1ccc(N)cc1. The van der Waals surface area contributed by atoms with E-state index in [1.165, 1.54) is 0 Å². The lowest BCUT2D eigenvalue weighted by molar-refractivity contribution is -0.154. The van der Waals surface area contributed by atoms with Crippen molar-refractivity contribution < 1.29 is 19.1 Å². The summed E-state index contributed by atoms with van der Waals surface area (Å²) in [6.07, 6.45) is -0.399.